The third-order valence-corrected chi connectivity index (χ3v) is 12.1. The number of nitriles is 1. The van der Waals surface area contributed by atoms with Crippen LogP contribution in [0.25, 0.3) is 12.2 Å². The van der Waals surface area contributed by atoms with E-state index in [1.807, 2.05) is 35.7 Å². The number of nitrogens with zero attached hydrogens (tertiary/aromatic N) is 2. The molecule has 2 aromatic rings. The van der Waals surface area contributed by atoms with Gasteiger partial charge in [-0.15, -0.1) is 23.5 Å². The van der Waals surface area contributed by atoms with E-state index in [1.54, 1.807) is 41.4 Å². The molecular formula is C28H28N2O2S5. The maximum absolute atomic E-state index is 11.4. The summed E-state index contributed by atoms with van der Waals surface area (Å²) in [6.45, 7) is 3.15. The van der Waals surface area contributed by atoms with Crippen molar-refractivity contribution in [1.82, 2.24) is 0 Å². The van der Waals surface area contributed by atoms with E-state index in [-0.39, 0.29) is 5.57 Å². The van der Waals surface area contributed by atoms with E-state index in [9.17, 15) is 15.2 Å². The molecule has 0 saturated carbocycles. The predicted molar refractivity (Wildman–Crippen MR) is 167 cm³/mol. The van der Waals surface area contributed by atoms with Crippen LogP contribution in [0.3, 0.4) is 0 Å². The zero-order chi connectivity index (χ0) is 26.4. The summed E-state index contributed by atoms with van der Waals surface area (Å²) >= 11 is 8.99. The molecule has 0 atom stereocenters. The van der Waals surface area contributed by atoms with Gasteiger partial charge in [-0.3, -0.25) is 0 Å². The number of carboxylic acid groups (broad SMARTS) is 1. The Labute approximate surface area is 240 Å². The molecule has 0 aromatic heterocycles. The molecule has 2 heterocycles. The number of carboxylic acids is 1. The Bertz CT molecular complexity index is 1310. The van der Waals surface area contributed by atoms with Gasteiger partial charge < -0.3 is 10.0 Å². The van der Waals surface area contributed by atoms with Crippen molar-refractivity contribution in [3.05, 3.63) is 65.8 Å². The van der Waals surface area contributed by atoms with Gasteiger partial charge in [0, 0.05) is 16.3 Å². The van der Waals surface area contributed by atoms with Crippen molar-refractivity contribution < 1.29 is 9.90 Å². The van der Waals surface area contributed by atoms with Gasteiger partial charge >= 0.3 is 5.97 Å². The summed E-state index contributed by atoms with van der Waals surface area (Å²) in [5.74, 6) is -1.21. The Morgan fingerprint density at radius 3 is 2.16 bits per heavy atom. The first-order valence-electron chi connectivity index (χ1n) is 12.0. The first kappa shape index (κ1) is 28.2. The van der Waals surface area contributed by atoms with Crippen LogP contribution in [-0.2, 0) is 4.79 Å². The van der Waals surface area contributed by atoms with Crippen LogP contribution in [-0.4, -0.2) is 30.1 Å². The molecule has 4 rings (SSSR count). The summed E-state index contributed by atoms with van der Waals surface area (Å²) in [5, 5.41) is 18.5. The number of fused-ring (bicyclic) bond motifs is 2. The fourth-order valence-electron chi connectivity index (χ4n) is 4.08. The predicted octanol–water partition coefficient (Wildman–Crippen LogP) is 9.49. The van der Waals surface area contributed by atoms with Gasteiger partial charge in [-0.25, -0.2) is 4.79 Å². The summed E-state index contributed by atoms with van der Waals surface area (Å²) in [5.41, 5.74) is 3.97. The molecule has 0 spiro atoms. The third kappa shape index (κ3) is 6.79. The minimum atomic E-state index is -1.21. The smallest absolute Gasteiger partial charge is 0.346 e. The molecule has 0 saturated heterocycles. The van der Waals surface area contributed by atoms with E-state index in [2.05, 4.69) is 54.7 Å². The van der Waals surface area contributed by atoms with Crippen LogP contribution in [0.5, 0.6) is 0 Å². The quantitative estimate of drug-likeness (QED) is 0.167. The number of carbonyl (C=O) groups is 1. The Hall–Kier alpha value is -1.83. The first-order chi connectivity index (χ1) is 18.0. The second-order valence-electron chi connectivity index (χ2n) is 8.39. The second kappa shape index (κ2) is 13.3. The van der Waals surface area contributed by atoms with Gasteiger partial charge in [-0.2, -0.15) is 5.26 Å². The SMILES string of the molecule is CCCCCCN1c2ccc(C=C3SC(SC)=C(SC)S3)cc2Sc2cc(/C=C(/C#N)C(=O)O)ccc21. The molecule has 2 aliphatic rings. The van der Waals surface area contributed by atoms with E-state index in [0.717, 1.165) is 29.1 Å². The van der Waals surface area contributed by atoms with Crippen LogP contribution in [0.2, 0.25) is 0 Å². The lowest BCUT2D eigenvalue weighted by molar-refractivity contribution is -0.132. The fraction of sp³-hybridized carbons (Fsp3) is 0.286. The van der Waals surface area contributed by atoms with Crippen LogP contribution in [0.4, 0.5) is 11.4 Å². The lowest BCUT2D eigenvalue weighted by atomic mass is 10.1. The zero-order valence-corrected chi connectivity index (χ0v) is 25.0. The van der Waals surface area contributed by atoms with E-state index >= 15 is 0 Å². The molecule has 0 radical (unpaired) electrons. The zero-order valence-electron chi connectivity index (χ0n) is 20.9. The number of unbranched alkanes of at least 4 members (excludes halogenated alkanes) is 3. The van der Waals surface area contributed by atoms with Crippen molar-refractivity contribution in [2.75, 3.05) is 24.0 Å². The van der Waals surface area contributed by atoms with Gasteiger partial charge in [0.1, 0.15) is 11.6 Å². The highest BCUT2D eigenvalue weighted by molar-refractivity contribution is 8.40. The molecule has 0 fully saturated rings. The average molecular weight is 585 g/mol. The first-order valence-corrected chi connectivity index (χ1v) is 16.9. The van der Waals surface area contributed by atoms with Crippen molar-refractivity contribution in [2.24, 2.45) is 0 Å². The number of aliphatic carboxylic acids is 1. The summed E-state index contributed by atoms with van der Waals surface area (Å²) in [4.78, 5) is 16.0. The average Bonchev–Trinajstić information content (AvgIpc) is 3.30. The topological polar surface area (TPSA) is 64.3 Å². The van der Waals surface area contributed by atoms with Crippen LogP contribution in [0.15, 0.2) is 64.5 Å². The van der Waals surface area contributed by atoms with Gasteiger partial charge in [0.15, 0.2) is 0 Å². The molecular weight excluding hydrogens is 557 g/mol. The van der Waals surface area contributed by atoms with E-state index < -0.39 is 5.97 Å². The fourth-order valence-corrected chi connectivity index (χ4v) is 10.2. The van der Waals surface area contributed by atoms with Crippen LogP contribution in [0, 0.1) is 11.3 Å². The highest BCUT2D eigenvalue weighted by atomic mass is 32.3. The molecule has 1 N–H and O–H groups in total. The largest absolute Gasteiger partial charge is 0.477 e. The number of anilines is 2. The van der Waals surface area contributed by atoms with Crippen LogP contribution < -0.4 is 4.90 Å². The lowest BCUT2D eigenvalue weighted by Gasteiger charge is -2.33. The summed E-state index contributed by atoms with van der Waals surface area (Å²) in [6, 6.07) is 14.4. The minimum Gasteiger partial charge on any atom is -0.477 e. The van der Waals surface area contributed by atoms with Crippen molar-refractivity contribution in [3.63, 3.8) is 0 Å². The number of benzene rings is 2. The third-order valence-electron chi connectivity index (χ3n) is 5.87. The Morgan fingerprint density at radius 1 is 0.973 bits per heavy atom. The molecule has 9 heteroatoms. The van der Waals surface area contributed by atoms with Crippen molar-refractivity contribution in [3.8, 4) is 6.07 Å². The molecule has 2 aliphatic heterocycles. The molecule has 2 aromatic carbocycles. The Balaban J connectivity index is 1.67. The van der Waals surface area contributed by atoms with E-state index in [0.29, 0.717) is 0 Å². The molecule has 4 nitrogen and oxygen atoms in total. The van der Waals surface area contributed by atoms with Crippen LogP contribution >= 0.6 is 58.8 Å². The van der Waals surface area contributed by atoms with Gasteiger partial charge in [0.2, 0.25) is 0 Å². The molecule has 0 unspecified atom stereocenters. The maximum Gasteiger partial charge on any atom is 0.346 e. The lowest BCUT2D eigenvalue weighted by Crippen LogP contribution is -2.22. The minimum absolute atomic E-state index is 0.263. The Kier molecular flexibility index (Phi) is 10.1. The maximum atomic E-state index is 11.4. The summed E-state index contributed by atoms with van der Waals surface area (Å²) in [6.07, 6.45) is 12.7. The standard InChI is InChI=1S/C28H28N2O2S5/c1-4-5-6-7-12-30-21-10-8-18(13-20(17-29)26(31)32)14-23(21)35-24-15-19(9-11-22(24)30)16-25-36-27(33-2)28(34-3)37-25/h8-11,13-16H,4-7,12H2,1-3H3,(H,31,32)/b20-13-. The van der Waals surface area contributed by atoms with Crippen molar-refractivity contribution >= 4 is 88.3 Å². The molecule has 37 heavy (non-hydrogen) atoms. The monoisotopic (exact) mass is 584 g/mol. The number of rotatable bonds is 10. The van der Waals surface area contributed by atoms with Gasteiger partial charge in [0.05, 0.1) is 24.1 Å². The van der Waals surface area contributed by atoms with Gasteiger partial charge in [0.25, 0.3) is 0 Å². The molecule has 0 aliphatic carbocycles. The number of hydrogen-bond acceptors (Lipinski definition) is 8. The Morgan fingerprint density at radius 2 is 1.59 bits per heavy atom. The van der Waals surface area contributed by atoms with Crippen LogP contribution in [0.1, 0.15) is 43.7 Å². The van der Waals surface area contributed by atoms with Gasteiger partial charge in [-0.1, -0.05) is 73.6 Å². The number of hydrogen-bond donors (Lipinski definition) is 1. The normalized spacial score (nSPS) is 14.9. The van der Waals surface area contributed by atoms with Gasteiger partial charge in [-0.05, 0) is 66.5 Å². The number of thioether (sulfide) groups is 4. The van der Waals surface area contributed by atoms with Crippen molar-refractivity contribution in [1.29, 1.82) is 5.26 Å². The molecule has 192 valence electrons. The second-order valence-corrected chi connectivity index (χ2v) is 14.0. The summed E-state index contributed by atoms with van der Waals surface area (Å²) < 4.78 is 4.01. The van der Waals surface area contributed by atoms with E-state index in [1.165, 1.54) is 54.2 Å². The summed E-state index contributed by atoms with van der Waals surface area (Å²) in [7, 11) is 0. The van der Waals surface area contributed by atoms with Crippen molar-refractivity contribution in [2.45, 2.75) is 42.4 Å². The molecule has 0 amide bonds. The molecule has 0 bridgehead atoms. The van der Waals surface area contributed by atoms with E-state index in [4.69, 9.17) is 0 Å². The highest BCUT2D eigenvalue weighted by Crippen LogP contribution is 2.57. The highest BCUT2D eigenvalue weighted by Gasteiger charge is 2.25.